The van der Waals surface area contributed by atoms with Gasteiger partial charge in [-0.15, -0.1) is 10.2 Å². The maximum atomic E-state index is 12.1. The van der Waals surface area contributed by atoms with E-state index in [4.69, 9.17) is 5.10 Å². The molecular weight excluding hydrogens is 306 g/mol. The molecule has 2 aliphatic rings. The average Bonchev–Trinajstić information content (AvgIpc) is 3.10. The average molecular weight is 323 g/mol. The second-order valence-corrected chi connectivity index (χ2v) is 6.72. The zero-order valence-corrected chi connectivity index (χ0v) is 13.8. The first kappa shape index (κ1) is 14.8. The lowest BCUT2D eigenvalue weighted by molar-refractivity contribution is -0.117. The smallest absolute Gasteiger partial charge is 0.223 e. The van der Waals surface area contributed by atoms with Gasteiger partial charge in [0.05, 0.1) is 18.3 Å². The molecule has 122 valence electrons. The number of carbonyl (C=O) groups is 1. The van der Waals surface area contributed by atoms with Gasteiger partial charge in [-0.25, -0.2) is 0 Å². The summed E-state index contributed by atoms with van der Waals surface area (Å²) in [6.07, 6.45) is 3.91. The third-order valence-corrected chi connectivity index (χ3v) is 5.26. The van der Waals surface area contributed by atoms with Crippen LogP contribution in [0.25, 0.3) is 11.5 Å². The van der Waals surface area contributed by atoms with Gasteiger partial charge in [-0.2, -0.15) is 15.2 Å². The third kappa shape index (κ3) is 1.87. The van der Waals surface area contributed by atoms with E-state index in [9.17, 15) is 10.1 Å². The quantitative estimate of drug-likeness (QED) is 0.771. The number of ketones is 1. The van der Waals surface area contributed by atoms with Crippen LogP contribution < -0.4 is 0 Å². The maximum Gasteiger partial charge on any atom is 0.223 e. The molecule has 2 unspecified atom stereocenters. The minimum absolute atomic E-state index is 0.0600. The lowest BCUT2D eigenvalue weighted by Crippen LogP contribution is -2.40. The van der Waals surface area contributed by atoms with Crippen LogP contribution in [0.1, 0.15) is 31.0 Å². The lowest BCUT2D eigenvalue weighted by atomic mass is 9.61. The number of rotatable bonds is 1. The molecule has 0 amide bonds. The Morgan fingerprint density at radius 3 is 2.83 bits per heavy atom. The van der Waals surface area contributed by atoms with Gasteiger partial charge in [-0.05, 0) is 24.0 Å². The van der Waals surface area contributed by atoms with Crippen LogP contribution in [0, 0.1) is 17.2 Å². The molecule has 0 aliphatic heterocycles. The summed E-state index contributed by atoms with van der Waals surface area (Å²) in [5.41, 5.74) is 2.70. The molecule has 2 aromatic rings. The number of tetrazole rings is 1. The van der Waals surface area contributed by atoms with Crippen LogP contribution in [-0.2, 0) is 30.7 Å². The van der Waals surface area contributed by atoms with Gasteiger partial charge < -0.3 is 0 Å². The molecular formula is C16H17N7O. The summed E-state index contributed by atoms with van der Waals surface area (Å²) in [6.45, 7) is 2.07. The number of hydrogen-bond acceptors (Lipinski definition) is 6. The fourth-order valence-corrected chi connectivity index (χ4v) is 4.02. The van der Waals surface area contributed by atoms with Gasteiger partial charge in [-0.1, -0.05) is 13.0 Å². The third-order valence-electron chi connectivity index (χ3n) is 5.26. The Bertz CT molecular complexity index is 929. The fourth-order valence-electron chi connectivity index (χ4n) is 4.02. The fraction of sp³-hybridized carbons (Fsp3) is 0.500. The van der Waals surface area contributed by atoms with Gasteiger partial charge in [-0.3, -0.25) is 9.48 Å². The topological polar surface area (TPSA) is 102 Å². The van der Waals surface area contributed by atoms with Crippen LogP contribution in [0.4, 0.5) is 0 Å². The van der Waals surface area contributed by atoms with Crippen LogP contribution in [-0.4, -0.2) is 35.8 Å². The lowest BCUT2D eigenvalue weighted by Gasteiger charge is -2.40. The zero-order valence-electron chi connectivity index (χ0n) is 13.8. The standard InChI is InChI=1S/C16H17N7O/c1-16-7-9(8-17)12(24)6-10(16)4-5-11-13(22(2)19-14(11)16)15-18-21-23(3)20-15/h7,10H,4-6H2,1-3H3. The van der Waals surface area contributed by atoms with Crippen molar-refractivity contribution in [3.8, 4) is 17.6 Å². The van der Waals surface area contributed by atoms with Gasteiger partial charge in [0, 0.05) is 24.4 Å². The second kappa shape index (κ2) is 4.84. The zero-order chi connectivity index (χ0) is 17.1. The Balaban J connectivity index is 1.92. The highest BCUT2D eigenvalue weighted by Gasteiger charge is 2.47. The molecule has 2 aromatic heterocycles. The molecule has 0 saturated carbocycles. The molecule has 0 N–H and O–H groups in total. The number of nitrogens with zero attached hydrogens (tertiary/aromatic N) is 7. The molecule has 4 rings (SSSR count). The molecule has 2 atom stereocenters. The maximum absolute atomic E-state index is 12.1. The summed E-state index contributed by atoms with van der Waals surface area (Å²) in [5.74, 6) is 0.662. The Labute approximate surface area is 138 Å². The summed E-state index contributed by atoms with van der Waals surface area (Å²) in [4.78, 5) is 13.5. The summed E-state index contributed by atoms with van der Waals surface area (Å²) >= 11 is 0. The number of aromatic nitrogens is 6. The highest BCUT2D eigenvalue weighted by atomic mass is 16.1. The summed E-state index contributed by atoms with van der Waals surface area (Å²) < 4.78 is 1.78. The molecule has 2 heterocycles. The van der Waals surface area contributed by atoms with Crippen molar-refractivity contribution in [2.75, 3.05) is 0 Å². The van der Waals surface area contributed by atoms with E-state index in [1.807, 2.05) is 19.2 Å². The molecule has 24 heavy (non-hydrogen) atoms. The highest BCUT2D eigenvalue weighted by molar-refractivity contribution is 6.00. The predicted molar refractivity (Wildman–Crippen MR) is 83.5 cm³/mol. The van der Waals surface area contributed by atoms with Crippen molar-refractivity contribution in [3.05, 3.63) is 22.9 Å². The van der Waals surface area contributed by atoms with Crippen molar-refractivity contribution < 1.29 is 4.79 Å². The van der Waals surface area contributed by atoms with Gasteiger partial charge >= 0.3 is 0 Å². The highest BCUT2D eigenvalue weighted by Crippen LogP contribution is 2.48. The number of allylic oxidation sites excluding steroid dienone is 2. The van der Waals surface area contributed by atoms with Crippen molar-refractivity contribution in [2.45, 2.75) is 31.6 Å². The van der Waals surface area contributed by atoms with Gasteiger partial charge in [0.25, 0.3) is 0 Å². The van der Waals surface area contributed by atoms with Crippen LogP contribution in [0.15, 0.2) is 11.6 Å². The normalized spacial score (nSPS) is 25.7. The SMILES string of the molecule is Cn1nnc(-c2c3c(nn2C)C2(C)C=C(C#N)C(=O)CC2CC3)n1. The largest absolute Gasteiger partial charge is 0.293 e. The molecule has 0 aromatic carbocycles. The van der Waals surface area contributed by atoms with Crippen LogP contribution in [0.3, 0.4) is 0 Å². The minimum atomic E-state index is -0.412. The number of carbonyl (C=O) groups excluding carboxylic acids is 1. The molecule has 2 aliphatic carbocycles. The predicted octanol–water partition coefficient (Wildman–Crippen LogP) is 0.853. The van der Waals surface area contributed by atoms with E-state index < -0.39 is 5.41 Å². The van der Waals surface area contributed by atoms with Gasteiger partial charge in [0.2, 0.25) is 5.82 Å². The first-order chi connectivity index (χ1) is 11.4. The molecule has 0 radical (unpaired) electrons. The molecule has 0 spiro atoms. The molecule has 0 fully saturated rings. The Hall–Kier alpha value is -2.82. The number of nitriles is 1. The summed E-state index contributed by atoms with van der Waals surface area (Å²) in [7, 11) is 3.59. The van der Waals surface area contributed by atoms with E-state index >= 15 is 0 Å². The summed E-state index contributed by atoms with van der Waals surface area (Å²) in [5, 5.41) is 26.3. The number of hydrogen-bond donors (Lipinski definition) is 0. The Morgan fingerprint density at radius 2 is 2.17 bits per heavy atom. The Kier molecular flexibility index (Phi) is 2.97. The van der Waals surface area contributed by atoms with Crippen LogP contribution >= 0.6 is 0 Å². The van der Waals surface area contributed by atoms with E-state index in [0.29, 0.717) is 12.2 Å². The summed E-state index contributed by atoms with van der Waals surface area (Å²) in [6, 6.07) is 2.04. The van der Waals surface area contributed by atoms with Crippen molar-refractivity contribution >= 4 is 5.78 Å². The molecule has 8 heteroatoms. The van der Waals surface area contributed by atoms with Gasteiger partial charge in [0.15, 0.2) is 5.78 Å². The van der Waals surface area contributed by atoms with Crippen LogP contribution in [0.5, 0.6) is 0 Å². The molecule has 8 nitrogen and oxygen atoms in total. The van der Waals surface area contributed by atoms with Crippen molar-refractivity contribution in [1.82, 2.24) is 30.0 Å². The number of Topliss-reactive ketones (excluding diaryl/α,β-unsaturated/α-hetero) is 1. The van der Waals surface area contributed by atoms with Crippen LogP contribution in [0.2, 0.25) is 0 Å². The van der Waals surface area contributed by atoms with E-state index in [2.05, 4.69) is 22.3 Å². The van der Waals surface area contributed by atoms with Crippen molar-refractivity contribution in [1.29, 1.82) is 5.26 Å². The van der Waals surface area contributed by atoms with E-state index in [1.165, 1.54) is 4.80 Å². The monoisotopic (exact) mass is 323 g/mol. The first-order valence-electron chi connectivity index (χ1n) is 7.91. The number of aryl methyl sites for hydroxylation is 2. The first-order valence-corrected chi connectivity index (χ1v) is 7.91. The molecule has 0 saturated heterocycles. The molecule has 0 bridgehead atoms. The Morgan fingerprint density at radius 1 is 1.38 bits per heavy atom. The van der Waals surface area contributed by atoms with Crippen molar-refractivity contribution in [3.63, 3.8) is 0 Å². The van der Waals surface area contributed by atoms with E-state index in [-0.39, 0.29) is 17.3 Å². The van der Waals surface area contributed by atoms with Gasteiger partial charge in [0.1, 0.15) is 11.8 Å². The second-order valence-electron chi connectivity index (χ2n) is 6.72. The van der Waals surface area contributed by atoms with E-state index in [0.717, 1.165) is 29.8 Å². The number of fused-ring (bicyclic) bond motifs is 3. The van der Waals surface area contributed by atoms with E-state index in [1.54, 1.807) is 11.7 Å². The van der Waals surface area contributed by atoms with Crippen molar-refractivity contribution in [2.24, 2.45) is 20.0 Å². The minimum Gasteiger partial charge on any atom is -0.293 e.